The molecule has 2 nitrogen and oxygen atoms in total. The van der Waals surface area contributed by atoms with E-state index in [1.165, 1.54) is 6.07 Å². The highest BCUT2D eigenvalue weighted by Gasteiger charge is 2.02. The largest absolute Gasteiger partial charge is 0.492 e. The van der Waals surface area contributed by atoms with E-state index in [2.05, 4.69) is 5.32 Å². The fraction of sp³-hybridized carbons (Fsp3) is 0.200. The van der Waals surface area contributed by atoms with Crippen LogP contribution in [0.1, 0.15) is 5.56 Å². The Bertz CT molecular complexity index is 499. The molecule has 0 fully saturated rings. The Hall–Kier alpha value is -2.03. The molecular formula is C15H16FNO. The van der Waals surface area contributed by atoms with Crippen molar-refractivity contribution in [1.82, 2.24) is 0 Å². The summed E-state index contributed by atoms with van der Waals surface area (Å²) in [6, 6.07) is 14.6. The molecule has 2 aromatic rings. The molecule has 0 bridgehead atoms. The summed E-state index contributed by atoms with van der Waals surface area (Å²) in [7, 11) is 0. The summed E-state index contributed by atoms with van der Waals surface area (Å²) in [4.78, 5) is 0. The van der Waals surface area contributed by atoms with E-state index >= 15 is 0 Å². The first-order valence-electron chi connectivity index (χ1n) is 5.94. The molecule has 2 aromatic carbocycles. The summed E-state index contributed by atoms with van der Waals surface area (Å²) >= 11 is 0. The van der Waals surface area contributed by atoms with Crippen molar-refractivity contribution < 1.29 is 9.13 Å². The molecular weight excluding hydrogens is 229 g/mol. The molecule has 0 spiro atoms. The minimum atomic E-state index is -0.191. The molecule has 0 saturated carbocycles. The molecule has 0 unspecified atom stereocenters. The van der Waals surface area contributed by atoms with Gasteiger partial charge in [-0.3, -0.25) is 0 Å². The predicted molar refractivity (Wildman–Crippen MR) is 71.6 cm³/mol. The molecule has 0 amide bonds. The molecule has 0 aliphatic rings. The van der Waals surface area contributed by atoms with E-state index in [1.54, 1.807) is 13.0 Å². The van der Waals surface area contributed by atoms with Crippen LogP contribution in [0.25, 0.3) is 0 Å². The van der Waals surface area contributed by atoms with Crippen LogP contribution < -0.4 is 10.1 Å². The monoisotopic (exact) mass is 245 g/mol. The SMILES string of the molecule is Cc1c(F)cccc1NCCOc1ccccc1. The van der Waals surface area contributed by atoms with E-state index < -0.39 is 0 Å². The first kappa shape index (κ1) is 12.4. The Kier molecular flexibility index (Phi) is 4.18. The van der Waals surface area contributed by atoms with Crippen LogP contribution >= 0.6 is 0 Å². The fourth-order valence-electron chi connectivity index (χ4n) is 1.67. The number of para-hydroxylation sites is 1. The third-order valence-electron chi connectivity index (χ3n) is 2.70. The fourth-order valence-corrected chi connectivity index (χ4v) is 1.67. The van der Waals surface area contributed by atoms with Gasteiger partial charge in [0.1, 0.15) is 18.2 Å². The summed E-state index contributed by atoms with van der Waals surface area (Å²) in [5, 5.41) is 3.16. The third-order valence-corrected chi connectivity index (χ3v) is 2.70. The lowest BCUT2D eigenvalue weighted by molar-refractivity contribution is 0.333. The maximum Gasteiger partial charge on any atom is 0.128 e. The maximum absolute atomic E-state index is 13.3. The molecule has 1 N–H and O–H groups in total. The summed E-state index contributed by atoms with van der Waals surface area (Å²) in [5.74, 6) is 0.652. The van der Waals surface area contributed by atoms with Gasteiger partial charge in [0.05, 0.1) is 0 Å². The summed E-state index contributed by atoms with van der Waals surface area (Å²) in [6.45, 7) is 2.94. The number of nitrogens with one attached hydrogen (secondary N) is 1. The average Bonchev–Trinajstić information content (AvgIpc) is 2.40. The average molecular weight is 245 g/mol. The van der Waals surface area contributed by atoms with Crippen LogP contribution in [0.5, 0.6) is 5.75 Å². The van der Waals surface area contributed by atoms with Crippen molar-refractivity contribution in [2.45, 2.75) is 6.92 Å². The molecule has 0 saturated heterocycles. The summed E-state index contributed by atoms with van der Waals surface area (Å²) < 4.78 is 18.8. The van der Waals surface area contributed by atoms with Gasteiger partial charge in [0.2, 0.25) is 0 Å². The van der Waals surface area contributed by atoms with E-state index in [1.807, 2.05) is 36.4 Å². The van der Waals surface area contributed by atoms with Gasteiger partial charge in [0.25, 0.3) is 0 Å². The minimum absolute atomic E-state index is 0.191. The van der Waals surface area contributed by atoms with Gasteiger partial charge in [-0.05, 0) is 31.2 Å². The van der Waals surface area contributed by atoms with Gasteiger partial charge in [0, 0.05) is 17.8 Å². The lowest BCUT2D eigenvalue weighted by Gasteiger charge is -2.11. The highest BCUT2D eigenvalue weighted by molar-refractivity contribution is 5.50. The van der Waals surface area contributed by atoms with Crippen LogP contribution in [0.3, 0.4) is 0 Å². The molecule has 0 heterocycles. The van der Waals surface area contributed by atoms with Crippen molar-refractivity contribution >= 4 is 5.69 Å². The predicted octanol–water partition coefficient (Wildman–Crippen LogP) is 3.63. The molecule has 0 aliphatic carbocycles. The van der Waals surface area contributed by atoms with Gasteiger partial charge in [0.15, 0.2) is 0 Å². The summed E-state index contributed by atoms with van der Waals surface area (Å²) in [6.07, 6.45) is 0. The van der Waals surface area contributed by atoms with Gasteiger partial charge in [-0.1, -0.05) is 24.3 Å². The number of rotatable bonds is 5. The molecule has 0 aliphatic heterocycles. The first-order chi connectivity index (χ1) is 8.77. The van der Waals surface area contributed by atoms with Crippen LogP contribution in [0.2, 0.25) is 0 Å². The zero-order valence-electron chi connectivity index (χ0n) is 10.3. The van der Waals surface area contributed by atoms with Gasteiger partial charge in [-0.25, -0.2) is 4.39 Å². The molecule has 0 aromatic heterocycles. The van der Waals surface area contributed by atoms with Gasteiger partial charge >= 0.3 is 0 Å². The second-order valence-electron chi connectivity index (χ2n) is 4.00. The zero-order valence-corrected chi connectivity index (χ0v) is 10.3. The zero-order chi connectivity index (χ0) is 12.8. The Morgan fingerprint density at radius 3 is 2.61 bits per heavy atom. The van der Waals surface area contributed by atoms with Crippen molar-refractivity contribution in [2.24, 2.45) is 0 Å². The number of ether oxygens (including phenoxy) is 1. The van der Waals surface area contributed by atoms with Crippen molar-refractivity contribution in [3.63, 3.8) is 0 Å². The smallest absolute Gasteiger partial charge is 0.128 e. The van der Waals surface area contributed by atoms with Crippen LogP contribution in [0.15, 0.2) is 48.5 Å². The number of hydrogen-bond acceptors (Lipinski definition) is 2. The quantitative estimate of drug-likeness (QED) is 0.812. The number of halogens is 1. The van der Waals surface area contributed by atoms with Gasteiger partial charge in [-0.2, -0.15) is 0 Å². The highest BCUT2D eigenvalue weighted by Crippen LogP contribution is 2.17. The molecule has 2 rings (SSSR count). The second-order valence-corrected chi connectivity index (χ2v) is 4.00. The van der Waals surface area contributed by atoms with Crippen molar-refractivity contribution in [2.75, 3.05) is 18.5 Å². The van der Waals surface area contributed by atoms with Crippen molar-refractivity contribution in [3.05, 3.63) is 59.9 Å². The standard InChI is InChI=1S/C15H16FNO/c1-12-14(16)8-5-9-15(12)17-10-11-18-13-6-3-2-4-7-13/h2-9,17H,10-11H2,1H3. The van der Waals surface area contributed by atoms with Gasteiger partial charge in [-0.15, -0.1) is 0 Å². The maximum atomic E-state index is 13.3. The van der Waals surface area contributed by atoms with Crippen molar-refractivity contribution in [3.8, 4) is 5.75 Å². The number of hydrogen-bond donors (Lipinski definition) is 1. The van der Waals surface area contributed by atoms with Gasteiger partial charge < -0.3 is 10.1 Å². The molecule has 18 heavy (non-hydrogen) atoms. The van der Waals surface area contributed by atoms with E-state index in [0.29, 0.717) is 18.7 Å². The molecule has 94 valence electrons. The second kappa shape index (κ2) is 6.05. The molecule has 3 heteroatoms. The van der Waals surface area contributed by atoms with E-state index in [4.69, 9.17) is 4.74 Å². The highest BCUT2D eigenvalue weighted by atomic mass is 19.1. The minimum Gasteiger partial charge on any atom is -0.492 e. The Balaban J connectivity index is 1.81. The normalized spacial score (nSPS) is 10.1. The number of benzene rings is 2. The van der Waals surface area contributed by atoms with Crippen LogP contribution in [-0.4, -0.2) is 13.2 Å². The Morgan fingerprint density at radius 1 is 1.06 bits per heavy atom. The van der Waals surface area contributed by atoms with Crippen LogP contribution in [-0.2, 0) is 0 Å². The number of anilines is 1. The van der Waals surface area contributed by atoms with E-state index in [9.17, 15) is 4.39 Å². The lowest BCUT2D eigenvalue weighted by Crippen LogP contribution is -2.12. The van der Waals surface area contributed by atoms with Crippen molar-refractivity contribution in [1.29, 1.82) is 0 Å². The molecule has 0 atom stereocenters. The Morgan fingerprint density at radius 2 is 1.83 bits per heavy atom. The Labute approximate surface area is 106 Å². The topological polar surface area (TPSA) is 21.3 Å². The molecule has 0 radical (unpaired) electrons. The summed E-state index contributed by atoms with van der Waals surface area (Å²) in [5.41, 5.74) is 1.45. The van der Waals surface area contributed by atoms with Crippen LogP contribution in [0, 0.1) is 12.7 Å². The lowest BCUT2D eigenvalue weighted by atomic mass is 10.2. The first-order valence-corrected chi connectivity index (χ1v) is 5.94. The van der Waals surface area contributed by atoms with Crippen LogP contribution in [0.4, 0.5) is 10.1 Å². The van der Waals surface area contributed by atoms with E-state index in [-0.39, 0.29) is 5.82 Å². The van der Waals surface area contributed by atoms with E-state index in [0.717, 1.165) is 11.4 Å². The third kappa shape index (κ3) is 3.23.